The first kappa shape index (κ1) is 13.1. The highest BCUT2D eigenvalue weighted by molar-refractivity contribution is 5.65. The highest BCUT2D eigenvalue weighted by Crippen LogP contribution is 2.22. The van der Waals surface area contributed by atoms with E-state index in [4.69, 9.17) is 5.73 Å². The summed E-state index contributed by atoms with van der Waals surface area (Å²) < 4.78 is 0. The van der Waals surface area contributed by atoms with Crippen LogP contribution in [0.25, 0.3) is 11.3 Å². The van der Waals surface area contributed by atoms with E-state index in [9.17, 15) is 0 Å². The maximum Gasteiger partial charge on any atom is 0.131 e. The van der Waals surface area contributed by atoms with E-state index in [0.717, 1.165) is 28.5 Å². The lowest BCUT2D eigenvalue weighted by Crippen LogP contribution is -2.00. The van der Waals surface area contributed by atoms with E-state index in [0.29, 0.717) is 5.82 Å². The molecule has 0 aliphatic rings. The number of nitrogens with zero attached hydrogens (tertiary/aromatic N) is 2. The lowest BCUT2D eigenvalue weighted by Gasteiger charge is -2.10. The molecule has 0 amide bonds. The van der Waals surface area contributed by atoms with Gasteiger partial charge in [-0.25, -0.2) is 9.97 Å². The minimum absolute atomic E-state index is 0.518. The molecule has 3 N–H and O–H groups in total. The molecule has 0 unspecified atom stereocenters. The molecule has 3 aromatic rings. The topological polar surface area (TPSA) is 63.8 Å². The molecule has 2 heterocycles. The van der Waals surface area contributed by atoms with Crippen molar-refractivity contribution in [1.82, 2.24) is 9.97 Å². The van der Waals surface area contributed by atoms with E-state index >= 15 is 0 Å². The van der Waals surface area contributed by atoms with E-state index in [1.165, 1.54) is 0 Å². The molecular weight excluding hydrogens is 260 g/mol. The molecule has 0 saturated carbocycles. The second kappa shape index (κ2) is 5.63. The summed E-state index contributed by atoms with van der Waals surface area (Å²) in [7, 11) is 0. The van der Waals surface area contributed by atoms with Gasteiger partial charge in [-0.15, -0.1) is 0 Å². The second-order valence-electron chi connectivity index (χ2n) is 4.77. The number of hydrogen-bond acceptors (Lipinski definition) is 4. The Morgan fingerprint density at radius 3 is 2.43 bits per heavy atom. The molecule has 104 valence electrons. The van der Waals surface area contributed by atoms with Crippen molar-refractivity contribution in [1.29, 1.82) is 0 Å². The van der Waals surface area contributed by atoms with Crippen molar-refractivity contribution >= 4 is 17.3 Å². The molecule has 21 heavy (non-hydrogen) atoms. The molecule has 0 saturated heterocycles. The number of nitrogens with one attached hydrogen (secondary N) is 1. The molecule has 4 heteroatoms. The Balaban J connectivity index is 1.90. The molecule has 0 atom stereocenters. The third-order valence-electron chi connectivity index (χ3n) is 3.19. The van der Waals surface area contributed by atoms with Crippen LogP contribution in [0.2, 0.25) is 0 Å². The summed E-state index contributed by atoms with van der Waals surface area (Å²) in [5, 5.41) is 3.28. The standard InChI is InChI=1S/C17H16N4/c1-12-14(10-11-16(18)19-12)20-17-9-5-8-15(21-17)13-6-3-2-4-7-13/h2-11H,1H3,(H2,18,19)(H,20,21). The largest absolute Gasteiger partial charge is 0.384 e. The zero-order chi connectivity index (χ0) is 14.7. The Morgan fingerprint density at radius 1 is 0.857 bits per heavy atom. The van der Waals surface area contributed by atoms with Crippen LogP contribution in [-0.2, 0) is 0 Å². The normalized spacial score (nSPS) is 10.3. The minimum atomic E-state index is 0.518. The van der Waals surface area contributed by atoms with Crippen LogP contribution in [0.4, 0.5) is 17.3 Å². The van der Waals surface area contributed by atoms with Crippen LogP contribution in [0.5, 0.6) is 0 Å². The van der Waals surface area contributed by atoms with Crippen LogP contribution in [-0.4, -0.2) is 9.97 Å². The van der Waals surface area contributed by atoms with Crippen LogP contribution < -0.4 is 11.1 Å². The van der Waals surface area contributed by atoms with Gasteiger partial charge in [-0.1, -0.05) is 36.4 Å². The first-order chi connectivity index (χ1) is 10.2. The van der Waals surface area contributed by atoms with Gasteiger partial charge in [-0.2, -0.15) is 0 Å². The minimum Gasteiger partial charge on any atom is -0.384 e. The van der Waals surface area contributed by atoms with E-state index in [-0.39, 0.29) is 0 Å². The van der Waals surface area contributed by atoms with Gasteiger partial charge in [0.2, 0.25) is 0 Å². The van der Waals surface area contributed by atoms with Crippen molar-refractivity contribution in [3.63, 3.8) is 0 Å². The van der Waals surface area contributed by atoms with Gasteiger partial charge in [0.25, 0.3) is 0 Å². The SMILES string of the molecule is Cc1nc(N)ccc1Nc1cccc(-c2ccccc2)n1. The van der Waals surface area contributed by atoms with E-state index in [1.54, 1.807) is 6.07 Å². The summed E-state index contributed by atoms with van der Waals surface area (Å²) in [5.74, 6) is 1.30. The third kappa shape index (κ3) is 3.00. The Morgan fingerprint density at radius 2 is 1.67 bits per heavy atom. The first-order valence-corrected chi connectivity index (χ1v) is 6.75. The van der Waals surface area contributed by atoms with E-state index in [1.807, 2.05) is 61.5 Å². The first-order valence-electron chi connectivity index (χ1n) is 6.75. The average Bonchev–Trinajstić information content (AvgIpc) is 2.51. The summed E-state index contributed by atoms with van der Waals surface area (Å²) in [6, 6.07) is 19.7. The highest BCUT2D eigenvalue weighted by atomic mass is 15.0. The maximum atomic E-state index is 5.67. The molecule has 2 aromatic heterocycles. The van der Waals surface area contributed by atoms with Crippen LogP contribution in [0.1, 0.15) is 5.69 Å². The number of aromatic nitrogens is 2. The zero-order valence-electron chi connectivity index (χ0n) is 11.7. The van der Waals surface area contributed by atoms with Crippen LogP contribution in [0, 0.1) is 6.92 Å². The molecule has 0 fully saturated rings. The number of pyridine rings is 2. The van der Waals surface area contributed by atoms with Gasteiger partial charge >= 0.3 is 0 Å². The summed E-state index contributed by atoms with van der Waals surface area (Å²) in [4.78, 5) is 8.87. The smallest absolute Gasteiger partial charge is 0.131 e. The molecule has 4 nitrogen and oxygen atoms in total. The molecule has 0 aliphatic heterocycles. The predicted octanol–water partition coefficient (Wildman–Crippen LogP) is 3.78. The van der Waals surface area contributed by atoms with Crippen molar-refractivity contribution in [2.24, 2.45) is 0 Å². The summed E-state index contributed by atoms with van der Waals surface area (Å²) in [6.07, 6.45) is 0. The number of nitrogens with two attached hydrogens (primary N) is 1. The zero-order valence-corrected chi connectivity index (χ0v) is 11.7. The molecule has 3 rings (SSSR count). The van der Waals surface area contributed by atoms with Gasteiger partial charge < -0.3 is 11.1 Å². The van der Waals surface area contributed by atoms with Crippen LogP contribution in [0.15, 0.2) is 60.7 Å². The van der Waals surface area contributed by atoms with E-state index < -0.39 is 0 Å². The number of aryl methyl sites for hydroxylation is 1. The lowest BCUT2D eigenvalue weighted by atomic mass is 10.1. The molecule has 0 aliphatic carbocycles. The Bertz CT molecular complexity index is 754. The number of hydrogen-bond donors (Lipinski definition) is 2. The van der Waals surface area contributed by atoms with Crippen molar-refractivity contribution in [2.75, 3.05) is 11.1 Å². The van der Waals surface area contributed by atoms with Gasteiger partial charge in [0, 0.05) is 5.56 Å². The Hall–Kier alpha value is -2.88. The van der Waals surface area contributed by atoms with Gasteiger partial charge in [-0.05, 0) is 31.2 Å². The quantitative estimate of drug-likeness (QED) is 0.764. The summed E-state index contributed by atoms with van der Waals surface area (Å²) >= 11 is 0. The van der Waals surface area contributed by atoms with Gasteiger partial charge in [-0.3, -0.25) is 0 Å². The van der Waals surface area contributed by atoms with Gasteiger partial charge in [0.15, 0.2) is 0 Å². The second-order valence-corrected chi connectivity index (χ2v) is 4.77. The maximum absolute atomic E-state index is 5.67. The number of anilines is 3. The molecule has 0 radical (unpaired) electrons. The molecule has 1 aromatic carbocycles. The average molecular weight is 276 g/mol. The molecule has 0 bridgehead atoms. The Kier molecular flexibility index (Phi) is 3.51. The van der Waals surface area contributed by atoms with Crippen LogP contribution >= 0.6 is 0 Å². The molecular formula is C17H16N4. The van der Waals surface area contributed by atoms with E-state index in [2.05, 4.69) is 15.3 Å². The Labute approximate surface area is 123 Å². The van der Waals surface area contributed by atoms with Crippen molar-refractivity contribution in [2.45, 2.75) is 6.92 Å². The fourth-order valence-electron chi connectivity index (χ4n) is 2.12. The summed E-state index contributed by atoms with van der Waals surface area (Å²) in [5.41, 5.74) is 9.44. The summed E-state index contributed by atoms with van der Waals surface area (Å²) in [6.45, 7) is 1.92. The van der Waals surface area contributed by atoms with Crippen LogP contribution in [0.3, 0.4) is 0 Å². The van der Waals surface area contributed by atoms with Gasteiger partial charge in [0.05, 0.1) is 17.1 Å². The third-order valence-corrected chi connectivity index (χ3v) is 3.19. The van der Waals surface area contributed by atoms with Gasteiger partial charge in [0.1, 0.15) is 11.6 Å². The molecule has 0 spiro atoms. The van der Waals surface area contributed by atoms with Crippen molar-refractivity contribution < 1.29 is 0 Å². The predicted molar refractivity (Wildman–Crippen MR) is 86.3 cm³/mol. The number of rotatable bonds is 3. The fourth-order valence-corrected chi connectivity index (χ4v) is 2.12. The highest BCUT2D eigenvalue weighted by Gasteiger charge is 2.04. The monoisotopic (exact) mass is 276 g/mol. The fraction of sp³-hybridized carbons (Fsp3) is 0.0588. The lowest BCUT2D eigenvalue weighted by molar-refractivity contribution is 1.20. The van der Waals surface area contributed by atoms with Crippen molar-refractivity contribution in [3.8, 4) is 11.3 Å². The number of nitrogen functional groups attached to an aromatic ring is 1. The van der Waals surface area contributed by atoms with Crippen molar-refractivity contribution in [3.05, 3.63) is 66.4 Å². The number of benzene rings is 1.